The SMILES string of the molecule is O=C(NN=Cc1ccccc1OCc1ccccc1)C1C2CCCCC21. The third-order valence-corrected chi connectivity index (χ3v) is 5.49. The summed E-state index contributed by atoms with van der Waals surface area (Å²) in [6, 6.07) is 17.8. The summed E-state index contributed by atoms with van der Waals surface area (Å²) in [5.74, 6) is 2.20. The maximum Gasteiger partial charge on any atom is 0.243 e. The number of hydrazone groups is 1. The number of hydrogen-bond acceptors (Lipinski definition) is 3. The molecule has 0 heterocycles. The lowest BCUT2D eigenvalue weighted by Gasteiger charge is -2.09. The molecule has 26 heavy (non-hydrogen) atoms. The van der Waals surface area contributed by atoms with E-state index in [4.69, 9.17) is 4.74 Å². The van der Waals surface area contributed by atoms with Crippen LogP contribution in [0.4, 0.5) is 0 Å². The van der Waals surface area contributed by atoms with Crippen LogP contribution in [0, 0.1) is 17.8 Å². The van der Waals surface area contributed by atoms with Crippen LogP contribution >= 0.6 is 0 Å². The zero-order valence-electron chi connectivity index (χ0n) is 14.8. The third-order valence-electron chi connectivity index (χ3n) is 5.49. The van der Waals surface area contributed by atoms with Crippen LogP contribution in [0.1, 0.15) is 36.8 Å². The number of ether oxygens (including phenoxy) is 1. The summed E-state index contributed by atoms with van der Waals surface area (Å²) >= 11 is 0. The van der Waals surface area contributed by atoms with Crippen LogP contribution in [0.15, 0.2) is 59.7 Å². The molecule has 134 valence electrons. The first-order chi connectivity index (χ1) is 12.8. The lowest BCUT2D eigenvalue weighted by atomic mass is 10.0. The van der Waals surface area contributed by atoms with Crippen molar-refractivity contribution in [2.45, 2.75) is 32.3 Å². The first-order valence-corrected chi connectivity index (χ1v) is 9.41. The Morgan fingerprint density at radius 2 is 1.73 bits per heavy atom. The summed E-state index contributed by atoms with van der Waals surface area (Å²) in [5, 5.41) is 4.17. The van der Waals surface area contributed by atoms with Gasteiger partial charge in [0.1, 0.15) is 12.4 Å². The number of para-hydroxylation sites is 1. The molecule has 0 spiro atoms. The van der Waals surface area contributed by atoms with Crippen LogP contribution in [0.2, 0.25) is 0 Å². The van der Waals surface area contributed by atoms with Crippen LogP contribution in [0.5, 0.6) is 5.75 Å². The Morgan fingerprint density at radius 3 is 2.50 bits per heavy atom. The zero-order valence-corrected chi connectivity index (χ0v) is 14.8. The second-order valence-electron chi connectivity index (χ2n) is 7.18. The summed E-state index contributed by atoms with van der Waals surface area (Å²) in [4.78, 5) is 12.3. The fourth-order valence-electron chi connectivity index (χ4n) is 4.08. The quantitative estimate of drug-likeness (QED) is 0.630. The van der Waals surface area contributed by atoms with E-state index in [0.29, 0.717) is 18.4 Å². The van der Waals surface area contributed by atoms with E-state index in [1.54, 1.807) is 6.21 Å². The van der Waals surface area contributed by atoms with Crippen molar-refractivity contribution in [2.75, 3.05) is 0 Å². The summed E-state index contributed by atoms with van der Waals surface area (Å²) in [6.07, 6.45) is 6.59. The molecule has 0 aliphatic heterocycles. The molecule has 4 rings (SSSR count). The molecule has 1 N–H and O–H groups in total. The van der Waals surface area contributed by atoms with E-state index >= 15 is 0 Å². The highest BCUT2D eigenvalue weighted by atomic mass is 16.5. The molecule has 2 aliphatic carbocycles. The Kier molecular flexibility index (Phi) is 5.00. The van der Waals surface area contributed by atoms with Gasteiger partial charge in [-0.15, -0.1) is 0 Å². The molecule has 0 bridgehead atoms. The fourth-order valence-corrected chi connectivity index (χ4v) is 4.08. The van der Waals surface area contributed by atoms with Crippen molar-refractivity contribution in [1.29, 1.82) is 0 Å². The minimum Gasteiger partial charge on any atom is -0.488 e. The Hall–Kier alpha value is -2.62. The Balaban J connectivity index is 1.34. The standard InChI is InChI=1S/C22H24N2O2/c25-22(21-18-11-5-6-12-19(18)21)24-23-14-17-10-4-7-13-20(17)26-15-16-8-2-1-3-9-16/h1-4,7-10,13-14,18-19,21H,5-6,11-12,15H2,(H,24,25). The predicted octanol–water partition coefficient (Wildman–Crippen LogP) is 4.15. The average Bonchev–Trinajstić information content (AvgIpc) is 3.42. The maximum absolute atomic E-state index is 12.3. The predicted molar refractivity (Wildman–Crippen MR) is 102 cm³/mol. The monoisotopic (exact) mass is 348 g/mol. The molecular formula is C22H24N2O2. The number of hydrogen-bond donors (Lipinski definition) is 1. The Bertz CT molecular complexity index is 776. The molecule has 2 unspecified atom stereocenters. The van der Waals surface area contributed by atoms with Crippen molar-refractivity contribution in [3.05, 3.63) is 65.7 Å². The molecule has 2 aromatic carbocycles. The van der Waals surface area contributed by atoms with Gasteiger partial charge >= 0.3 is 0 Å². The molecule has 2 saturated carbocycles. The second-order valence-corrected chi connectivity index (χ2v) is 7.18. The van der Waals surface area contributed by atoms with Crippen molar-refractivity contribution in [2.24, 2.45) is 22.9 Å². The average molecular weight is 348 g/mol. The van der Waals surface area contributed by atoms with Gasteiger partial charge in [-0.25, -0.2) is 5.43 Å². The molecule has 4 heteroatoms. The summed E-state index contributed by atoms with van der Waals surface area (Å²) in [6.45, 7) is 0.503. The number of benzene rings is 2. The highest BCUT2D eigenvalue weighted by Crippen LogP contribution is 2.55. The lowest BCUT2D eigenvalue weighted by Crippen LogP contribution is -2.20. The Labute approximate surface area is 154 Å². The van der Waals surface area contributed by atoms with Gasteiger partial charge in [0.05, 0.1) is 6.21 Å². The van der Waals surface area contributed by atoms with E-state index in [0.717, 1.165) is 16.9 Å². The van der Waals surface area contributed by atoms with Gasteiger partial charge in [0.25, 0.3) is 0 Å². The molecule has 1 amide bonds. The number of carbonyl (C=O) groups excluding carboxylic acids is 1. The van der Waals surface area contributed by atoms with E-state index < -0.39 is 0 Å². The van der Waals surface area contributed by atoms with Crippen LogP contribution in [-0.2, 0) is 11.4 Å². The number of amides is 1. The van der Waals surface area contributed by atoms with Crippen molar-refractivity contribution in [1.82, 2.24) is 5.43 Å². The topological polar surface area (TPSA) is 50.7 Å². The van der Waals surface area contributed by atoms with Crippen LogP contribution in [-0.4, -0.2) is 12.1 Å². The van der Waals surface area contributed by atoms with Gasteiger partial charge in [-0.3, -0.25) is 4.79 Å². The first-order valence-electron chi connectivity index (χ1n) is 9.41. The van der Waals surface area contributed by atoms with E-state index in [1.165, 1.54) is 25.7 Å². The molecule has 0 aromatic heterocycles. The molecule has 2 fully saturated rings. The number of nitrogens with zero attached hydrogens (tertiary/aromatic N) is 1. The smallest absolute Gasteiger partial charge is 0.243 e. The van der Waals surface area contributed by atoms with Crippen LogP contribution in [0.25, 0.3) is 0 Å². The van der Waals surface area contributed by atoms with Crippen LogP contribution in [0.3, 0.4) is 0 Å². The second kappa shape index (κ2) is 7.73. The van der Waals surface area contributed by atoms with E-state index in [-0.39, 0.29) is 11.8 Å². The number of carbonyl (C=O) groups is 1. The molecule has 4 nitrogen and oxygen atoms in total. The molecule has 0 radical (unpaired) electrons. The van der Waals surface area contributed by atoms with Gasteiger partial charge < -0.3 is 4.74 Å². The van der Waals surface area contributed by atoms with E-state index in [9.17, 15) is 4.79 Å². The van der Waals surface area contributed by atoms with Gasteiger partial charge in [-0.2, -0.15) is 5.10 Å². The first kappa shape index (κ1) is 16.8. The van der Waals surface area contributed by atoms with Gasteiger partial charge in [0.2, 0.25) is 5.91 Å². The van der Waals surface area contributed by atoms with Gasteiger partial charge in [-0.1, -0.05) is 55.3 Å². The lowest BCUT2D eigenvalue weighted by molar-refractivity contribution is -0.122. The maximum atomic E-state index is 12.3. The zero-order chi connectivity index (χ0) is 17.8. The van der Waals surface area contributed by atoms with Crippen LogP contribution < -0.4 is 10.2 Å². The highest BCUT2D eigenvalue weighted by molar-refractivity contribution is 5.86. The largest absolute Gasteiger partial charge is 0.488 e. The van der Waals surface area contributed by atoms with Gasteiger partial charge in [0, 0.05) is 11.5 Å². The number of nitrogens with one attached hydrogen (secondary N) is 1. The molecule has 2 aromatic rings. The Morgan fingerprint density at radius 1 is 1.04 bits per heavy atom. The summed E-state index contributed by atoms with van der Waals surface area (Å²) < 4.78 is 5.91. The highest BCUT2D eigenvalue weighted by Gasteiger charge is 2.54. The number of fused-ring (bicyclic) bond motifs is 1. The van der Waals surface area contributed by atoms with E-state index in [2.05, 4.69) is 10.5 Å². The van der Waals surface area contributed by atoms with Crippen molar-refractivity contribution < 1.29 is 9.53 Å². The molecule has 2 aliphatic rings. The third kappa shape index (κ3) is 3.79. The minimum absolute atomic E-state index is 0.0702. The molecule has 0 saturated heterocycles. The van der Waals surface area contributed by atoms with Crippen molar-refractivity contribution in [3.63, 3.8) is 0 Å². The summed E-state index contributed by atoms with van der Waals surface area (Å²) in [7, 11) is 0. The van der Waals surface area contributed by atoms with Crippen molar-refractivity contribution >= 4 is 12.1 Å². The minimum atomic E-state index is 0.0702. The van der Waals surface area contributed by atoms with Crippen molar-refractivity contribution in [3.8, 4) is 5.75 Å². The van der Waals surface area contributed by atoms with E-state index in [1.807, 2.05) is 54.6 Å². The number of rotatable bonds is 6. The van der Waals surface area contributed by atoms with Gasteiger partial charge in [-0.05, 0) is 42.4 Å². The fraction of sp³-hybridized carbons (Fsp3) is 0.364. The normalized spacial score (nSPS) is 24.1. The summed E-state index contributed by atoms with van der Waals surface area (Å²) in [5.41, 5.74) is 4.70. The van der Waals surface area contributed by atoms with Gasteiger partial charge in [0.15, 0.2) is 0 Å². The molecular weight excluding hydrogens is 324 g/mol. The molecule has 2 atom stereocenters.